The lowest BCUT2D eigenvalue weighted by atomic mass is 10.0. The lowest BCUT2D eigenvalue weighted by Gasteiger charge is -2.17. The van der Waals surface area contributed by atoms with Crippen molar-refractivity contribution in [3.8, 4) is 0 Å². The maximum Gasteiger partial charge on any atom is 0.243 e. The molecule has 0 bridgehead atoms. The highest BCUT2D eigenvalue weighted by atomic mass is 32.2. The largest absolute Gasteiger partial charge is 0.352 e. The van der Waals surface area contributed by atoms with E-state index in [0.29, 0.717) is 38.0 Å². The van der Waals surface area contributed by atoms with Crippen molar-refractivity contribution in [1.29, 1.82) is 0 Å². The number of carbonyl (C=O) groups excluding carboxylic acids is 1. The smallest absolute Gasteiger partial charge is 0.243 e. The van der Waals surface area contributed by atoms with Gasteiger partial charge in [0, 0.05) is 37.9 Å². The van der Waals surface area contributed by atoms with Crippen molar-refractivity contribution in [2.24, 2.45) is 11.3 Å². The van der Waals surface area contributed by atoms with Crippen molar-refractivity contribution in [3.63, 3.8) is 0 Å². The van der Waals surface area contributed by atoms with E-state index >= 15 is 0 Å². The summed E-state index contributed by atoms with van der Waals surface area (Å²) in [7, 11) is -3.76. The minimum Gasteiger partial charge on any atom is -0.352 e. The monoisotopic (exact) mass is 403 g/mol. The summed E-state index contributed by atoms with van der Waals surface area (Å²) in [5.41, 5.74) is 1.08. The highest BCUT2D eigenvalue weighted by Gasteiger charge is 2.62. The standard InChI is InChI=1S/C20H22FN3O3S/c1-14-2-3-16(10-18(14)21)28(26,27)24-9-6-20(13-24)11-17(20)19(25)23-12-15-4-7-22-8-5-15/h2-5,7-8,10,17H,6,9,11-13H2,1H3,(H,23,25)/t17-,20-/m1/s1. The molecule has 148 valence electrons. The Kier molecular flexibility index (Phi) is 4.71. The number of aryl methyl sites for hydroxylation is 1. The van der Waals surface area contributed by atoms with Crippen LogP contribution < -0.4 is 5.32 Å². The third-order valence-electron chi connectivity index (χ3n) is 5.85. The molecule has 2 atom stereocenters. The topological polar surface area (TPSA) is 79.4 Å². The molecule has 8 heteroatoms. The van der Waals surface area contributed by atoms with Gasteiger partial charge in [-0.2, -0.15) is 4.31 Å². The Hall–Kier alpha value is -2.32. The van der Waals surface area contributed by atoms with Crippen molar-refractivity contribution in [2.75, 3.05) is 13.1 Å². The second-order valence-electron chi connectivity index (χ2n) is 7.69. The summed E-state index contributed by atoms with van der Waals surface area (Å²) in [6.45, 7) is 2.68. The molecule has 1 amide bonds. The third kappa shape index (κ3) is 3.42. The van der Waals surface area contributed by atoms with Crippen LogP contribution in [0.3, 0.4) is 0 Å². The number of nitrogens with one attached hydrogen (secondary N) is 1. The maximum atomic E-state index is 13.8. The van der Waals surface area contributed by atoms with Crippen LogP contribution in [0, 0.1) is 24.1 Å². The molecule has 1 spiro atoms. The van der Waals surface area contributed by atoms with Gasteiger partial charge in [0.05, 0.1) is 4.90 Å². The van der Waals surface area contributed by atoms with Crippen LogP contribution in [0.15, 0.2) is 47.6 Å². The van der Waals surface area contributed by atoms with Gasteiger partial charge in [-0.05, 0) is 60.6 Å². The SMILES string of the molecule is Cc1ccc(S(=O)(=O)N2CC[C@@]3(C[C@@H]3C(=O)NCc3ccncc3)C2)cc1F. The van der Waals surface area contributed by atoms with Gasteiger partial charge in [0.25, 0.3) is 0 Å². The van der Waals surface area contributed by atoms with E-state index in [-0.39, 0.29) is 22.1 Å². The zero-order valence-electron chi connectivity index (χ0n) is 15.6. The number of halogens is 1. The maximum absolute atomic E-state index is 13.8. The highest BCUT2D eigenvalue weighted by Crippen LogP contribution is 2.59. The van der Waals surface area contributed by atoms with Crippen LogP contribution >= 0.6 is 0 Å². The average Bonchev–Trinajstić information content (AvgIpc) is 3.21. The lowest BCUT2D eigenvalue weighted by molar-refractivity contribution is -0.123. The average molecular weight is 403 g/mol. The fourth-order valence-corrected chi connectivity index (χ4v) is 5.48. The third-order valence-corrected chi connectivity index (χ3v) is 7.69. The highest BCUT2D eigenvalue weighted by molar-refractivity contribution is 7.89. The lowest BCUT2D eigenvalue weighted by Crippen LogP contribution is -2.31. The summed E-state index contributed by atoms with van der Waals surface area (Å²) in [6.07, 6.45) is 4.68. The summed E-state index contributed by atoms with van der Waals surface area (Å²) in [5.74, 6) is -0.753. The number of nitrogens with zero attached hydrogens (tertiary/aromatic N) is 2. The van der Waals surface area contributed by atoms with E-state index in [9.17, 15) is 17.6 Å². The summed E-state index contributed by atoms with van der Waals surface area (Å²) in [5, 5.41) is 2.93. The van der Waals surface area contributed by atoms with E-state index in [2.05, 4.69) is 10.3 Å². The van der Waals surface area contributed by atoms with Gasteiger partial charge in [-0.1, -0.05) is 6.07 Å². The van der Waals surface area contributed by atoms with Crippen LogP contribution in [-0.4, -0.2) is 36.7 Å². The molecule has 0 unspecified atom stereocenters. The number of amides is 1. The molecule has 2 fully saturated rings. The predicted octanol–water partition coefficient (Wildman–Crippen LogP) is 2.25. The summed E-state index contributed by atoms with van der Waals surface area (Å²) < 4.78 is 40.9. The number of pyridine rings is 1. The number of rotatable bonds is 5. The second-order valence-corrected chi connectivity index (χ2v) is 9.63. The van der Waals surface area contributed by atoms with Gasteiger partial charge in [-0.25, -0.2) is 12.8 Å². The molecule has 2 heterocycles. The van der Waals surface area contributed by atoms with E-state index in [1.54, 1.807) is 19.3 Å². The molecule has 1 aromatic carbocycles. The van der Waals surface area contributed by atoms with Crippen LogP contribution in [0.2, 0.25) is 0 Å². The normalized spacial score (nSPS) is 24.4. The zero-order chi connectivity index (χ0) is 19.9. The van der Waals surface area contributed by atoms with Gasteiger partial charge >= 0.3 is 0 Å². The second kappa shape index (κ2) is 6.93. The van der Waals surface area contributed by atoms with Crippen molar-refractivity contribution >= 4 is 15.9 Å². The van der Waals surface area contributed by atoms with Gasteiger partial charge in [-0.3, -0.25) is 9.78 Å². The molecule has 2 aromatic rings. The Balaban J connectivity index is 1.40. The number of hydrogen-bond acceptors (Lipinski definition) is 4. The zero-order valence-corrected chi connectivity index (χ0v) is 16.4. The van der Waals surface area contributed by atoms with Gasteiger partial charge in [0.1, 0.15) is 5.82 Å². The minimum absolute atomic E-state index is 0.0352. The molecule has 1 aliphatic carbocycles. The van der Waals surface area contributed by atoms with Crippen molar-refractivity contribution in [2.45, 2.75) is 31.2 Å². The Labute approximate surface area is 163 Å². The molecular weight excluding hydrogens is 381 g/mol. The van der Waals surface area contributed by atoms with Crippen LogP contribution in [0.25, 0.3) is 0 Å². The molecular formula is C20H22FN3O3S. The van der Waals surface area contributed by atoms with E-state index in [4.69, 9.17) is 0 Å². The quantitative estimate of drug-likeness (QED) is 0.831. The minimum atomic E-state index is -3.76. The first-order valence-electron chi connectivity index (χ1n) is 9.25. The molecule has 1 saturated carbocycles. The Morgan fingerprint density at radius 1 is 1.32 bits per heavy atom. The number of hydrogen-bond donors (Lipinski definition) is 1. The van der Waals surface area contributed by atoms with Gasteiger partial charge in [0.15, 0.2) is 0 Å². The molecule has 1 aliphatic heterocycles. The number of aromatic nitrogens is 1. The first-order chi connectivity index (χ1) is 13.3. The Morgan fingerprint density at radius 2 is 2.07 bits per heavy atom. The van der Waals surface area contributed by atoms with Crippen LogP contribution in [-0.2, 0) is 21.4 Å². The number of benzene rings is 1. The van der Waals surface area contributed by atoms with Gasteiger partial charge in [0.2, 0.25) is 15.9 Å². The van der Waals surface area contributed by atoms with Crippen LogP contribution in [0.4, 0.5) is 4.39 Å². The predicted molar refractivity (Wildman–Crippen MR) is 101 cm³/mol. The van der Waals surface area contributed by atoms with Gasteiger partial charge in [-0.15, -0.1) is 0 Å². The Morgan fingerprint density at radius 3 is 2.79 bits per heavy atom. The number of sulfonamides is 1. The van der Waals surface area contributed by atoms with Crippen molar-refractivity contribution in [1.82, 2.24) is 14.6 Å². The first kappa shape index (κ1) is 19.0. The molecule has 1 saturated heterocycles. The molecule has 4 rings (SSSR count). The van der Waals surface area contributed by atoms with Crippen LogP contribution in [0.1, 0.15) is 24.0 Å². The molecule has 6 nitrogen and oxygen atoms in total. The molecule has 0 radical (unpaired) electrons. The molecule has 28 heavy (non-hydrogen) atoms. The fourth-order valence-electron chi connectivity index (χ4n) is 3.93. The van der Waals surface area contributed by atoms with Gasteiger partial charge < -0.3 is 5.32 Å². The first-order valence-corrected chi connectivity index (χ1v) is 10.7. The fraction of sp³-hybridized carbons (Fsp3) is 0.400. The Bertz CT molecular complexity index is 1010. The molecule has 2 aliphatic rings. The summed E-state index contributed by atoms with van der Waals surface area (Å²) in [6, 6.07) is 7.66. The van der Waals surface area contributed by atoms with E-state index < -0.39 is 15.8 Å². The molecule has 1 aromatic heterocycles. The number of carbonyl (C=O) groups is 1. The summed E-state index contributed by atoms with van der Waals surface area (Å²) >= 11 is 0. The van der Waals surface area contributed by atoms with E-state index in [1.165, 1.54) is 16.4 Å². The van der Waals surface area contributed by atoms with Crippen LogP contribution in [0.5, 0.6) is 0 Å². The van der Waals surface area contributed by atoms with E-state index in [1.807, 2.05) is 12.1 Å². The van der Waals surface area contributed by atoms with E-state index in [0.717, 1.165) is 11.6 Å². The molecule has 1 N–H and O–H groups in total. The van der Waals surface area contributed by atoms with Crippen molar-refractivity contribution in [3.05, 3.63) is 59.7 Å². The van der Waals surface area contributed by atoms with Crippen molar-refractivity contribution < 1.29 is 17.6 Å². The summed E-state index contributed by atoms with van der Waals surface area (Å²) in [4.78, 5) is 16.4.